The number of nitrogens with zero attached hydrogens (tertiary/aromatic N) is 1. The van der Waals surface area contributed by atoms with Crippen LogP contribution in [0.2, 0.25) is 0 Å². The van der Waals surface area contributed by atoms with Gasteiger partial charge in [-0.3, -0.25) is 4.79 Å². The number of hydrogen-bond acceptors (Lipinski definition) is 2. The largest absolute Gasteiger partial charge is 0.375 e. The van der Waals surface area contributed by atoms with E-state index in [0.717, 1.165) is 56.3 Å². The Kier molecular flexibility index (Phi) is 3.87. The number of fused-ring (bicyclic) bond motifs is 1. The smallest absolute Gasteiger partial charge is 0.270 e. The fourth-order valence-corrected chi connectivity index (χ4v) is 4.06. The lowest BCUT2D eigenvalue weighted by molar-refractivity contribution is -0.0388. The van der Waals surface area contributed by atoms with Gasteiger partial charge in [0.15, 0.2) is 0 Å². The van der Waals surface area contributed by atoms with Crippen molar-refractivity contribution >= 4 is 16.8 Å². The van der Waals surface area contributed by atoms with Crippen molar-refractivity contribution in [2.24, 2.45) is 0 Å². The van der Waals surface area contributed by atoms with Crippen LogP contribution in [0, 0.1) is 0 Å². The highest BCUT2D eigenvalue weighted by atomic mass is 16.5. The summed E-state index contributed by atoms with van der Waals surface area (Å²) in [7, 11) is 0. The molecular formula is C20H26N2O2. The maximum absolute atomic E-state index is 12.8. The number of nitrogens with one attached hydrogen (secondary N) is 1. The molecule has 4 rings (SSSR count). The van der Waals surface area contributed by atoms with Gasteiger partial charge in [-0.2, -0.15) is 0 Å². The number of H-pyrrole nitrogens is 1. The molecule has 1 N–H and O–H groups in total. The molecule has 1 spiro atoms. The van der Waals surface area contributed by atoms with Crippen LogP contribution in [0.25, 0.3) is 10.9 Å². The van der Waals surface area contributed by atoms with Crippen LogP contribution in [0.5, 0.6) is 0 Å². The predicted molar refractivity (Wildman–Crippen MR) is 95.4 cm³/mol. The summed E-state index contributed by atoms with van der Waals surface area (Å²) < 4.78 is 5.95. The molecule has 1 aromatic carbocycles. The molecule has 1 amide bonds. The fraction of sp³-hybridized carbons (Fsp3) is 0.550. The molecule has 128 valence electrons. The molecule has 4 nitrogen and oxygen atoms in total. The van der Waals surface area contributed by atoms with E-state index >= 15 is 0 Å². The van der Waals surface area contributed by atoms with Crippen LogP contribution < -0.4 is 0 Å². The number of piperidine rings is 1. The maximum atomic E-state index is 12.8. The summed E-state index contributed by atoms with van der Waals surface area (Å²) in [5, 5.41) is 1.11. The van der Waals surface area contributed by atoms with Gasteiger partial charge in [0.1, 0.15) is 5.69 Å². The minimum absolute atomic E-state index is 0.0589. The molecule has 1 aromatic heterocycles. The van der Waals surface area contributed by atoms with Crippen molar-refractivity contribution in [2.75, 3.05) is 19.7 Å². The monoisotopic (exact) mass is 326 g/mol. The van der Waals surface area contributed by atoms with Crippen molar-refractivity contribution < 1.29 is 9.53 Å². The molecule has 0 aliphatic carbocycles. The van der Waals surface area contributed by atoms with Crippen LogP contribution in [-0.2, 0) is 4.74 Å². The first-order valence-corrected chi connectivity index (χ1v) is 9.12. The standard InChI is InChI=1S/C20H26N2O2/c1-14(2)15-4-5-16-13-18(21-17(16)12-15)19(23)22-9-7-20(8-10-22)6-3-11-24-20/h4-5,12-14,21H,3,6-11H2,1-2H3. The van der Waals surface area contributed by atoms with Gasteiger partial charge in [-0.1, -0.05) is 26.0 Å². The molecular weight excluding hydrogens is 300 g/mol. The van der Waals surface area contributed by atoms with Crippen LogP contribution in [0.15, 0.2) is 24.3 Å². The SMILES string of the molecule is CC(C)c1ccc2cc(C(=O)N3CCC4(CCCO4)CC3)[nH]c2c1. The van der Waals surface area contributed by atoms with Gasteiger partial charge in [-0.15, -0.1) is 0 Å². The number of rotatable bonds is 2. The average Bonchev–Trinajstić information content (AvgIpc) is 3.21. The minimum atomic E-state index is 0.0589. The van der Waals surface area contributed by atoms with Gasteiger partial charge in [0.2, 0.25) is 0 Å². The number of amides is 1. The third kappa shape index (κ3) is 2.73. The zero-order valence-electron chi connectivity index (χ0n) is 14.6. The van der Waals surface area contributed by atoms with Gasteiger partial charge in [-0.05, 0) is 49.3 Å². The van der Waals surface area contributed by atoms with Crippen LogP contribution in [0.3, 0.4) is 0 Å². The van der Waals surface area contributed by atoms with Gasteiger partial charge < -0.3 is 14.6 Å². The molecule has 4 heteroatoms. The first-order chi connectivity index (χ1) is 11.6. The molecule has 0 saturated carbocycles. The Bertz CT molecular complexity index is 746. The van der Waals surface area contributed by atoms with E-state index in [0.29, 0.717) is 11.6 Å². The summed E-state index contributed by atoms with van der Waals surface area (Å²) in [4.78, 5) is 18.1. The van der Waals surface area contributed by atoms with E-state index in [-0.39, 0.29) is 11.5 Å². The van der Waals surface area contributed by atoms with Crippen molar-refractivity contribution in [3.05, 3.63) is 35.5 Å². The third-order valence-electron chi connectivity index (χ3n) is 5.69. The zero-order chi connectivity index (χ0) is 16.7. The van der Waals surface area contributed by atoms with Gasteiger partial charge in [-0.25, -0.2) is 0 Å². The van der Waals surface area contributed by atoms with E-state index in [1.165, 1.54) is 5.56 Å². The molecule has 0 unspecified atom stereocenters. The lowest BCUT2D eigenvalue weighted by atomic mass is 9.88. The van der Waals surface area contributed by atoms with Crippen LogP contribution in [0.4, 0.5) is 0 Å². The van der Waals surface area contributed by atoms with Crippen molar-refractivity contribution in [2.45, 2.75) is 51.0 Å². The average molecular weight is 326 g/mol. The van der Waals surface area contributed by atoms with E-state index < -0.39 is 0 Å². The van der Waals surface area contributed by atoms with Crippen LogP contribution >= 0.6 is 0 Å². The molecule has 0 bridgehead atoms. The summed E-state index contributed by atoms with van der Waals surface area (Å²) >= 11 is 0. The molecule has 3 heterocycles. The van der Waals surface area contributed by atoms with Crippen molar-refractivity contribution in [1.29, 1.82) is 0 Å². The normalized spacial score (nSPS) is 20.4. The van der Waals surface area contributed by atoms with Gasteiger partial charge >= 0.3 is 0 Å². The summed E-state index contributed by atoms with van der Waals surface area (Å²) in [6.45, 7) is 6.85. The van der Waals surface area contributed by atoms with Gasteiger partial charge in [0.25, 0.3) is 5.91 Å². The summed E-state index contributed by atoms with van der Waals surface area (Å²) in [6.07, 6.45) is 4.25. The number of hydrogen-bond donors (Lipinski definition) is 1. The number of likely N-dealkylation sites (tertiary alicyclic amines) is 1. The Balaban J connectivity index is 1.51. The number of carbonyl (C=O) groups is 1. The number of ether oxygens (including phenoxy) is 1. The molecule has 0 radical (unpaired) electrons. The quantitative estimate of drug-likeness (QED) is 0.904. The molecule has 2 aliphatic heterocycles. The fourth-order valence-electron chi connectivity index (χ4n) is 4.06. The highest BCUT2D eigenvalue weighted by Gasteiger charge is 2.39. The molecule has 2 aromatic rings. The minimum Gasteiger partial charge on any atom is -0.375 e. The lowest BCUT2D eigenvalue weighted by Crippen LogP contribution is -2.46. The number of carbonyl (C=O) groups excluding carboxylic acids is 1. The van der Waals surface area contributed by atoms with E-state index in [9.17, 15) is 4.79 Å². The Morgan fingerprint density at radius 2 is 2.00 bits per heavy atom. The Labute approximate surface area is 143 Å². The topological polar surface area (TPSA) is 45.3 Å². The highest BCUT2D eigenvalue weighted by molar-refractivity contribution is 5.98. The highest BCUT2D eigenvalue weighted by Crippen LogP contribution is 2.36. The maximum Gasteiger partial charge on any atom is 0.270 e. The molecule has 24 heavy (non-hydrogen) atoms. The van der Waals surface area contributed by atoms with Gasteiger partial charge in [0, 0.05) is 30.6 Å². The van der Waals surface area contributed by atoms with Crippen molar-refractivity contribution in [3.8, 4) is 0 Å². The number of aromatic nitrogens is 1. The van der Waals surface area contributed by atoms with Crippen molar-refractivity contribution in [1.82, 2.24) is 9.88 Å². The second kappa shape index (κ2) is 5.92. The first kappa shape index (κ1) is 15.7. The second-order valence-electron chi connectivity index (χ2n) is 7.61. The van der Waals surface area contributed by atoms with Crippen molar-refractivity contribution in [3.63, 3.8) is 0 Å². The van der Waals surface area contributed by atoms with E-state index in [4.69, 9.17) is 4.74 Å². The summed E-state index contributed by atoms with van der Waals surface area (Å²) in [6, 6.07) is 8.40. The van der Waals surface area contributed by atoms with Crippen LogP contribution in [-0.4, -0.2) is 41.1 Å². The molecule has 2 fully saturated rings. The second-order valence-corrected chi connectivity index (χ2v) is 7.61. The number of benzene rings is 1. The van der Waals surface area contributed by atoms with E-state index in [1.807, 2.05) is 11.0 Å². The molecule has 2 saturated heterocycles. The van der Waals surface area contributed by atoms with E-state index in [1.54, 1.807) is 0 Å². The lowest BCUT2D eigenvalue weighted by Gasteiger charge is -2.38. The summed E-state index contributed by atoms with van der Waals surface area (Å²) in [5.41, 5.74) is 3.11. The first-order valence-electron chi connectivity index (χ1n) is 9.12. The Morgan fingerprint density at radius 3 is 2.67 bits per heavy atom. The predicted octanol–water partition coefficient (Wildman–Crippen LogP) is 4.08. The van der Waals surface area contributed by atoms with E-state index in [2.05, 4.69) is 37.0 Å². The number of aromatic amines is 1. The van der Waals surface area contributed by atoms with Gasteiger partial charge in [0.05, 0.1) is 5.60 Å². The molecule has 2 aliphatic rings. The zero-order valence-corrected chi connectivity index (χ0v) is 14.6. The third-order valence-corrected chi connectivity index (χ3v) is 5.69. The molecule has 0 atom stereocenters. The van der Waals surface area contributed by atoms with Crippen LogP contribution in [0.1, 0.15) is 61.5 Å². The Morgan fingerprint density at radius 1 is 1.21 bits per heavy atom. The summed E-state index contributed by atoms with van der Waals surface area (Å²) in [5.74, 6) is 0.603. The Hall–Kier alpha value is -1.81.